The molecule has 0 saturated carbocycles. The molecule has 0 fully saturated rings. The highest BCUT2D eigenvalue weighted by Gasteiger charge is 2.29. The van der Waals surface area contributed by atoms with Crippen molar-refractivity contribution in [3.8, 4) is 0 Å². The maximum Gasteiger partial charge on any atom is 0.290 e. The number of hydrogen-bond donors (Lipinski definition) is 4. The summed E-state index contributed by atoms with van der Waals surface area (Å²) in [5.74, 6) is 1.32. The number of hydrogen-bond acceptors (Lipinski definition) is 7. The van der Waals surface area contributed by atoms with Crippen LogP contribution in [0.3, 0.4) is 0 Å². The van der Waals surface area contributed by atoms with Crippen LogP contribution < -0.4 is 10.6 Å². The highest BCUT2D eigenvalue weighted by Crippen LogP contribution is 2.30. The normalized spacial score (nSPS) is 17.3. The van der Waals surface area contributed by atoms with E-state index in [0.29, 0.717) is 50.5 Å². The van der Waals surface area contributed by atoms with Crippen molar-refractivity contribution in [2.75, 3.05) is 18.8 Å². The van der Waals surface area contributed by atoms with Crippen LogP contribution in [0.15, 0.2) is 65.8 Å². The number of aromatic nitrogens is 5. The molecule has 0 radical (unpaired) electrons. The zero-order valence-corrected chi connectivity index (χ0v) is 30.3. The van der Waals surface area contributed by atoms with Gasteiger partial charge in [-0.3, -0.25) is 19.2 Å². The third-order valence-corrected chi connectivity index (χ3v) is 9.90. The molecule has 270 valence electrons. The van der Waals surface area contributed by atoms with E-state index in [4.69, 9.17) is 14.9 Å². The lowest BCUT2D eigenvalue weighted by atomic mass is 10.0. The molecule has 0 unspecified atom stereocenters. The highest BCUT2D eigenvalue weighted by atomic mass is 32.2. The predicted octanol–water partition coefficient (Wildman–Crippen LogP) is 4.61. The molecule has 14 heteroatoms. The molecule has 51 heavy (non-hydrogen) atoms. The topological polar surface area (TPSA) is 167 Å². The molecule has 1 aliphatic rings. The van der Waals surface area contributed by atoms with Gasteiger partial charge in [-0.15, -0.1) is 11.8 Å². The van der Waals surface area contributed by atoms with E-state index in [1.165, 1.54) is 11.8 Å². The number of nitrogens with one attached hydrogen (secondary N) is 3. The smallest absolute Gasteiger partial charge is 0.290 e. The van der Waals surface area contributed by atoms with Gasteiger partial charge in [0.15, 0.2) is 0 Å². The Bertz CT molecular complexity index is 1980. The molecular formula is C37H46N8O5S. The lowest BCUT2D eigenvalue weighted by Crippen LogP contribution is -2.49. The SMILES string of the molecule is Cc1nc2n(n1)CCN(C(=O)CSc1cn(C)c3ccccc13)CCCC(=O)N[C@H](Cc1c[nH]c3ccccc13)C(=O)N[C@H]2CC(C)C.O=CO. The second-order valence-corrected chi connectivity index (χ2v) is 14.1. The molecule has 5 aromatic rings. The molecule has 13 nitrogen and oxygen atoms in total. The summed E-state index contributed by atoms with van der Waals surface area (Å²) >= 11 is 1.53. The fraction of sp³-hybridized carbons (Fsp3) is 0.405. The molecule has 0 bridgehead atoms. The summed E-state index contributed by atoms with van der Waals surface area (Å²) in [5.41, 5.74) is 3.05. The van der Waals surface area contributed by atoms with Gasteiger partial charge in [0.25, 0.3) is 6.47 Å². The minimum Gasteiger partial charge on any atom is -0.483 e. The fourth-order valence-electron chi connectivity index (χ4n) is 6.52. The van der Waals surface area contributed by atoms with Gasteiger partial charge in [0.2, 0.25) is 17.7 Å². The van der Waals surface area contributed by atoms with Crippen LogP contribution in [0.2, 0.25) is 0 Å². The first-order chi connectivity index (χ1) is 24.6. The van der Waals surface area contributed by atoms with Crippen LogP contribution >= 0.6 is 11.8 Å². The standard InChI is InChI=1S/C36H44N8O3S.CH2O2/c1-23(2)18-29-35-38-24(3)41-44(35)17-16-43(34(46)22-48-32-21-42(4)31-13-8-6-11-27(31)32)15-9-14-33(45)39-30(36(47)40-29)19-25-20-37-28-12-7-5-10-26(25)28;2-1-3/h5-8,10-13,20-21,23,29-30,37H,9,14-19,22H2,1-4H3,(H,39,45)(H,40,47);1H,(H,2,3)/t29-,30+;/m0./s1. The van der Waals surface area contributed by atoms with Crippen LogP contribution in [0.4, 0.5) is 0 Å². The minimum atomic E-state index is -0.790. The van der Waals surface area contributed by atoms with Gasteiger partial charge in [-0.1, -0.05) is 50.2 Å². The van der Waals surface area contributed by atoms with Crippen molar-refractivity contribution in [3.63, 3.8) is 0 Å². The lowest BCUT2D eigenvalue weighted by Gasteiger charge is -2.27. The van der Waals surface area contributed by atoms with Crippen molar-refractivity contribution in [2.45, 2.75) is 70.0 Å². The first kappa shape index (κ1) is 37.2. The molecule has 2 aromatic carbocycles. The highest BCUT2D eigenvalue weighted by molar-refractivity contribution is 8.00. The van der Waals surface area contributed by atoms with E-state index >= 15 is 0 Å². The predicted molar refractivity (Wildman–Crippen MR) is 197 cm³/mol. The van der Waals surface area contributed by atoms with E-state index in [0.717, 1.165) is 32.3 Å². The quantitative estimate of drug-likeness (QED) is 0.140. The molecule has 0 aliphatic carbocycles. The maximum atomic E-state index is 14.0. The number of para-hydroxylation sites is 2. The van der Waals surface area contributed by atoms with Gasteiger partial charge in [0.05, 0.1) is 18.3 Å². The van der Waals surface area contributed by atoms with Crippen LogP contribution in [0.5, 0.6) is 0 Å². The molecule has 2 atom stereocenters. The summed E-state index contributed by atoms with van der Waals surface area (Å²) in [5, 5.41) is 20.0. The van der Waals surface area contributed by atoms with Crippen molar-refractivity contribution in [2.24, 2.45) is 13.0 Å². The van der Waals surface area contributed by atoms with Crippen LogP contribution in [-0.4, -0.2) is 83.4 Å². The molecule has 0 saturated heterocycles. The Morgan fingerprint density at radius 1 is 1.04 bits per heavy atom. The number of aromatic amines is 1. The summed E-state index contributed by atoms with van der Waals surface area (Å²) in [6.45, 7) is 7.05. The number of carbonyl (C=O) groups is 4. The van der Waals surface area contributed by atoms with Gasteiger partial charge < -0.3 is 30.2 Å². The van der Waals surface area contributed by atoms with E-state index in [9.17, 15) is 14.4 Å². The van der Waals surface area contributed by atoms with Gasteiger partial charge in [0.1, 0.15) is 17.7 Å². The van der Waals surface area contributed by atoms with Crippen LogP contribution in [0.1, 0.15) is 56.4 Å². The third kappa shape index (κ3) is 9.37. The van der Waals surface area contributed by atoms with Crippen molar-refractivity contribution in [1.29, 1.82) is 0 Å². The Hall–Kier alpha value is -5.11. The molecule has 1 aliphatic heterocycles. The summed E-state index contributed by atoms with van der Waals surface area (Å²) in [6, 6.07) is 14.9. The number of amides is 3. The van der Waals surface area contributed by atoms with E-state index in [1.807, 2.05) is 66.1 Å². The minimum absolute atomic E-state index is 0.00284. The van der Waals surface area contributed by atoms with Crippen molar-refractivity contribution in [1.82, 2.24) is 39.8 Å². The number of benzene rings is 2. The third-order valence-electron chi connectivity index (χ3n) is 8.87. The van der Waals surface area contributed by atoms with Crippen molar-refractivity contribution in [3.05, 3.63) is 78.1 Å². The first-order valence-corrected chi connectivity index (χ1v) is 18.1. The van der Waals surface area contributed by atoms with Gasteiger partial charge in [-0.2, -0.15) is 5.10 Å². The second kappa shape index (κ2) is 17.2. The maximum absolute atomic E-state index is 14.0. The Morgan fingerprint density at radius 2 is 1.76 bits per heavy atom. The number of carbonyl (C=O) groups excluding carboxylic acids is 3. The summed E-state index contributed by atoms with van der Waals surface area (Å²) in [7, 11) is 2.01. The summed E-state index contributed by atoms with van der Waals surface area (Å²) in [4.78, 5) is 60.3. The van der Waals surface area contributed by atoms with E-state index < -0.39 is 12.1 Å². The zero-order valence-electron chi connectivity index (χ0n) is 29.5. The van der Waals surface area contributed by atoms with E-state index in [-0.39, 0.29) is 42.3 Å². The largest absolute Gasteiger partial charge is 0.483 e. The van der Waals surface area contributed by atoms with Crippen LogP contribution in [-0.2, 0) is 39.2 Å². The molecule has 6 rings (SSSR count). The molecule has 3 amide bonds. The van der Waals surface area contributed by atoms with Crippen LogP contribution in [0, 0.1) is 12.8 Å². The molecular weight excluding hydrogens is 669 g/mol. The van der Waals surface area contributed by atoms with Gasteiger partial charge in [-0.05, 0) is 43.4 Å². The molecule has 4 N–H and O–H groups in total. The average Bonchev–Trinajstić information content (AvgIpc) is 3.79. The second-order valence-electron chi connectivity index (χ2n) is 13.1. The molecule has 0 spiro atoms. The van der Waals surface area contributed by atoms with Gasteiger partial charge >= 0.3 is 0 Å². The molecule has 3 aromatic heterocycles. The van der Waals surface area contributed by atoms with Crippen LogP contribution in [0.25, 0.3) is 21.8 Å². The Morgan fingerprint density at radius 3 is 2.53 bits per heavy atom. The van der Waals surface area contributed by atoms with Crippen molar-refractivity contribution < 1.29 is 24.3 Å². The molecule has 4 heterocycles. The number of thioether (sulfide) groups is 1. The monoisotopic (exact) mass is 714 g/mol. The Kier molecular flexibility index (Phi) is 12.5. The van der Waals surface area contributed by atoms with Crippen molar-refractivity contribution >= 4 is 57.8 Å². The summed E-state index contributed by atoms with van der Waals surface area (Å²) < 4.78 is 3.91. The lowest BCUT2D eigenvalue weighted by molar-refractivity contribution is -0.130. The number of nitrogens with zero attached hydrogens (tertiary/aromatic N) is 5. The fourth-order valence-corrected chi connectivity index (χ4v) is 7.54. The number of carboxylic acid groups (broad SMARTS) is 1. The van der Waals surface area contributed by atoms with Gasteiger partial charge in [0, 0.05) is 72.1 Å². The number of fused-ring (bicyclic) bond motifs is 3. The number of aryl methyl sites for hydroxylation is 2. The first-order valence-electron chi connectivity index (χ1n) is 17.2. The Labute approximate surface area is 301 Å². The van der Waals surface area contributed by atoms with Gasteiger partial charge in [-0.25, -0.2) is 9.67 Å². The zero-order chi connectivity index (χ0) is 36.5. The Balaban J connectivity index is 0.00000162. The number of H-pyrrole nitrogens is 1. The summed E-state index contributed by atoms with van der Waals surface area (Å²) in [6.07, 6.45) is 5.61. The van der Waals surface area contributed by atoms with E-state index in [1.54, 1.807) is 0 Å². The van der Waals surface area contributed by atoms with E-state index in [2.05, 4.69) is 57.5 Å². The average molecular weight is 715 g/mol. The number of rotatable bonds is 7.